The molecule has 1 aliphatic carbocycles. The van der Waals surface area contributed by atoms with Crippen molar-refractivity contribution in [1.29, 1.82) is 0 Å². The molecule has 0 aromatic heterocycles. The van der Waals surface area contributed by atoms with Crippen LogP contribution in [0.25, 0.3) is 0 Å². The Hall–Kier alpha value is -0.0800. The van der Waals surface area contributed by atoms with Crippen LogP contribution in [0.2, 0.25) is 0 Å². The molecule has 1 N–H and O–H groups in total. The molecular formula is C13H26N2. The lowest BCUT2D eigenvalue weighted by Gasteiger charge is -2.50. The van der Waals surface area contributed by atoms with E-state index < -0.39 is 0 Å². The number of nitrogens with zero attached hydrogens (tertiary/aromatic N) is 1. The average molecular weight is 210 g/mol. The molecule has 0 radical (unpaired) electrons. The molecule has 0 unspecified atom stereocenters. The van der Waals surface area contributed by atoms with Crippen LogP contribution in [0.5, 0.6) is 0 Å². The zero-order chi connectivity index (χ0) is 10.9. The summed E-state index contributed by atoms with van der Waals surface area (Å²) in [5, 5.41) is 3.91. The van der Waals surface area contributed by atoms with Gasteiger partial charge in [0.2, 0.25) is 0 Å². The van der Waals surface area contributed by atoms with Crippen LogP contribution in [-0.4, -0.2) is 35.6 Å². The molecule has 88 valence electrons. The molecule has 0 atom stereocenters. The van der Waals surface area contributed by atoms with E-state index in [1.54, 1.807) is 0 Å². The SMILES string of the molecule is CCCN1CC(C)(C)NC2(CCCC2)C1. The van der Waals surface area contributed by atoms with Gasteiger partial charge < -0.3 is 5.32 Å². The van der Waals surface area contributed by atoms with Gasteiger partial charge in [-0.1, -0.05) is 19.8 Å². The Balaban J connectivity index is 2.07. The maximum Gasteiger partial charge on any atom is 0.0313 e. The molecule has 2 aliphatic rings. The second-order valence-electron chi connectivity index (χ2n) is 6.21. The Morgan fingerprint density at radius 1 is 1.13 bits per heavy atom. The number of rotatable bonds is 2. The zero-order valence-electron chi connectivity index (χ0n) is 10.6. The van der Waals surface area contributed by atoms with Crippen molar-refractivity contribution < 1.29 is 0 Å². The van der Waals surface area contributed by atoms with Crippen molar-refractivity contribution in [3.05, 3.63) is 0 Å². The fraction of sp³-hybridized carbons (Fsp3) is 1.00. The monoisotopic (exact) mass is 210 g/mol. The van der Waals surface area contributed by atoms with Gasteiger partial charge in [0.25, 0.3) is 0 Å². The molecule has 0 bridgehead atoms. The van der Waals surface area contributed by atoms with Crippen LogP contribution in [0.3, 0.4) is 0 Å². The third-order valence-corrected chi connectivity index (χ3v) is 3.85. The molecular weight excluding hydrogens is 184 g/mol. The van der Waals surface area contributed by atoms with Crippen molar-refractivity contribution in [2.75, 3.05) is 19.6 Å². The summed E-state index contributed by atoms with van der Waals surface area (Å²) in [6.07, 6.45) is 6.89. The van der Waals surface area contributed by atoms with Gasteiger partial charge in [0.1, 0.15) is 0 Å². The smallest absolute Gasteiger partial charge is 0.0313 e. The second kappa shape index (κ2) is 4.06. The predicted octanol–water partition coefficient (Wildman–Crippen LogP) is 2.39. The molecule has 1 saturated heterocycles. The first kappa shape index (κ1) is 11.4. The van der Waals surface area contributed by atoms with E-state index in [2.05, 4.69) is 31.0 Å². The fourth-order valence-electron chi connectivity index (χ4n) is 3.65. The minimum Gasteiger partial charge on any atom is -0.304 e. The normalized spacial score (nSPS) is 29.8. The van der Waals surface area contributed by atoms with E-state index in [0.29, 0.717) is 11.1 Å². The van der Waals surface area contributed by atoms with E-state index in [4.69, 9.17) is 0 Å². The largest absolute Gasteiger partial charge is 0.304 e. The molecule has 1 spiro atoms. The minimum absolute atomic E-state index is 0.303. The first-order valence-electron chi connectivity index (χ1n) is 6.57. The maximum absolute atomic E-state index is 3.91. The van der Waals surface area contributed by atoms with Crippen LogP contribution in [0.1, 0.15) is 52.9 Å². The Morgan fingerprint density at radius 3 is 2.40 bits per heavy atom. The second-order valence-corrected chi connectivity index (χ2v) is 6.21. The molecule has 1 saturated carbocycles. The van der Waals surface area contributed by atoms with Gasteiger partial charge in [-0.25, -0.2) is 0 Å². The first-order chi connectivity index (χ1) is 7.05. The van der Waals surface area contributed by atoms with E-state index in [0.717, 1.165) is 0 Å². The third kappa shape index (κ3) is 2.54. The summed E-state index contributed by atoms with van der Waals surface area (Å²) in [7, 11) is 0. The summed E-state index contributed by atoms with van der Waals surface area (Å²) in [6.45, 7) is 10.8. The van der Waals surface area contributed by atoms with Crippen molar-refractivity contribution in [1.82, 2.24) is 10.2 Å². The van der Waals surface area contributed by atoms with Gasteiger partial charge in [-0.05, 0) is 39.7 Å². The highest BCUT2D eigenvalue weighted by Crippen LogP contribution is 2.35. The summed E-state index contributed by atoms with van der Waals surface area (Å²) < 4.78 is 0. The lowest BCUT2D eigenvalue weighted by atomic mass is 9.87. The van der Waals surface area contributed by atoms with Gasteiger partial charge in [0.05, 0.1) is 0 Å². The van der Waals surface area contributed by atoms with E-state index in [9.17, 15) is 0 Å². The molecule has 1 heterocycles. The van der Waals surface area contributed by atoms with Crippen molar-refractivity contribution in [2.24, 2.45) is 0 Å². The molecule has 1 aliphatic heterocycles. The summed E-state index contributed by atoms with van der Waals surface area (Å²) in [5.41, 5.74) is 0.759. The van der Waals surface area contributed by atoms with Gasteiger partial charge in [-0.2, -0.15) is 0 Å². The molecule has 0 amide bonds. The van der Waals surface area contributed by atoms with Crippen LogP contribution in [0, 0.1) is 0 Å². The van der Waals surface area contributed by atoms with Crippen molar-refractivity contribution in [3.63, 3.8) is 0 Å². The number of hydrogen-bond donors (Lipinski definition) is 1. The zero-order valence-corrected chi connectivity index (χ0v) is 10.6. The quantitative estimate of drug-likeness (QED) is 0.753. The topological polar surface area (TPSA) is 15.3 Å². The lowest BCUT2D eigenvalue weighted by Crippen LogP contribution is -2.68. The van der Waals surface area contributed by atoms with Crippen LogP contribution in [0.4, 0.5) is 0 Å². The van der Waals surface area contributed by atoms with Gasteiger partial charge in [-0.15, -0.1) is 0 Å². The molecule has 2 rings (SSSR count). The van der Waals surface area contributed by atoms with E-state index >= 15 is 0 Å². The Labute approximate surface area is 94.4 Å². The molecule has 0 aromatic carbocycles. The highest BCUT2D eigenvalue weighted by molar-refractivity contribution is 5.04. The average Bonchev–Trinajstić information content (AvgIpc) is 2.50. The molecule has 2 heteroatoms. The highest BCUT2D eigenvalue weighted by atomic mass is 15.3. The number of hydrogen-bond acceptors (Lipinski definition) is 2. The molecule has 2 nitrogen and oxygen atoms in total. The van der Waals surface area contributed by atoms with E-state index in [1.807, 2.05) is 0 Å². The maximum atomic E-state index is 3.91. The van der Waals surface area contributed by atoms with Crippen molar-refractivity contribution in [2.45, 2.75) is 64.0 Å². The van der Waals surface area contributed by atoms with Gasteiger partial charge in [0.15, 0.2) is 0 Å². The van der Waals surface area contributed by atoms with Gasteiger partial charge >= 0.3 is 0 Å². The standard InChI is InChI=1S/C13H26N2/c1-4-9-15-10-12(2,3)14-13(11-15)7-5-6-8-13/h14H,4-11H2,1-3H3. The first-order valence-corrected chi connectivity index (χ1v) is 6.57. The third-order valence-electron chi connectivity index (χ3n) is 3.85. The van der Waals surface area contributed by atoms with Crippen molar-refractivity contribution in [3.8, 4) is 0 Å². The Morgan fingerprint density at radius 2 is 1.80 bits per heavy atom. The van der Waals surface area contributed by atoms with Crippen LogP contribution in [-0.2, 0) is 0 Å². The number of piperazine rings is 1. The molecule has 2 fully saturated rings. The van der Waals surface area contributed by atoms with Crippen LogP contribution >= 0.6 is 0 Å². The van der Waals surface area contributed by atoms with Crippen LogP contribution < -0.4 is 5.32 Å². The van der Waals surface area contributed by atoms with Gasteiger partial charge in [-0.3, -0.25) is 4.90 Å². The summed E-state index contributed by atoms with van der Waals surface area (Å²) >= 11 is 0. The van der Waals surface area contributed by atoms with Crippen LogP contribution in [0.15, 0.2) is 0 Å². The Kier molecular flexibility index (Phi) is 3.09. The summed E-state index contributed by atoms with van der Waals surface area (Å²) in [4.78, 5) is 2.67. The van der Waals surface area contributed by atoms with Crippen molar-refractivity contribution >= 4 is 0 Å². The summed E-state index contributed by atoms with van der Waals surface area (Å²) in [6, 6.07) is 0. The number of nitrogens with one attached hydrogen (secondary N) is 1. The fourth-order valence-corrected chi connectivity index (χ4v) is 3.65. The Bertz CT molecular complexity index is 217. The lowest BCUT2D eigenvalue weighted by molar-refractivity contribution is 0.0625. The summed E-state index contributed by atoms with van der Waals surface area (Å²) in [5.74, 6) is 0. The highest BCUT2D eigenvalue weighted by Gasteiger charge is 2.43. The van der Waals surface area contributed by atoms with Gasteiger partial charge in [0, 0.05) is 24.2 Å². The molecule has 15 heavy (non-hydrogen) atoms. The predicted molar refractivity (Wildman–Crippen MR) is 65.1 cm³/mol. The molecule has 0 aromatic rings. The minimum atomic E-state index is 0.303. The van der Waals surface area contributed by atoms with E-state index in [-0.39, 0.29) is 0 Å². The van der Waals surface area contributed by atoms with E-state index in [1.165, 1.54) is 51.7 Å².